The normalized spacial score (nSPS) is 17.9. The Morgan fingerprint density at radius 3 is 2.37 bits per heavy atom. The average molecular weight is 551 g/mol. The Labute approximate surface area is 217 Å². The Balaban J connectivity index is 1.36. The summed E-state index contributed by atoms with van der Waals surface area (Å²) in [7, 11) is -1.99. The van der Waals surface area contributed by atoms with Crippen molar-refractivity contribution in [1.29, 1.82) is 5.26 Å². The van der Waals surface area contributed by atoms with Crippen LogP contribution in [0.5, 0.6) is 0 Å². The second-order valence-corrected chi connectivity index (χ2v) is 11.0. The first-order valence-electron chi connectivity index (χ1n) is 11.7. The van der Waals surface area contributed by atoms with Gasteiger partial charge >= 0.3 is 6.18 Å². The molecule has 1 saturated heterocycles. The molecule has 10 nitrogen and oxygen atoms in total. The summed E-state index contributed by atoms with van der Waals surface area (Å²) < 4.78 is 68.5. The van der Waals surface area contributed by atoms with Gasteiger partial charge in [0.2, 0.25) is 0 Å². The molecule has 0 aliphatic carbocycles. The number of halogens is 3. The Morgan fingerprint density at radius 1 is 1.11 bits per heavy atom. The third-order valence-corrected chi connectivity index (χ3v) is 8.43. The van der Waals surface area contributed by atoms with Crippen LogP contribution in [-0.2, 0) is 32.8 Å². The predicted molar refractivity (Wildman–Crippen MR) is 129 cm³/mol. The van der Waals surface area contributed by atoms with Crippen molar-refractivity contribution in [3.63, 3.8) is 0 Å². The number of alkyl halides is 3. The molecule has 2 aliphatic rings. The van der Waals surface area contributed by atoms with E-state index in [4.69, 9.17) is 5.26 Å². The van der Waals surface area contributed by atoms with Crippen molar-refractivity contribution in [1.82, 2.24) is 18.8 Å². The number of carbonyl (C=O) groups excluding carboxylic acids is 2. The van der Waals surface area contributed by atoms with E-state index in [1.165, 1.54) is 29.8 Å². The van der Waals surface area contributed by atoms with Gasteiger partial charge in [0.05, 0.1) is 29.2 Å². The van der Waals surface area contributed by atoms with Crippen LogP contribution < -0.4 is 4.90 Å². The van der Waals surface area contributed by atoms with Gasteiger partial charge in [0.25, 0.3) is 21.8 Å². The second-order valence-electron chi connectivity index (χ2n) is 9.12. The van der Waals surface area contributed by atoms with E-state index in [-0.39, 0.29) is 41.4 Å². The minimum absolute atomic E-state index is 0.00514. The Kier molecular flexibility index (Phi) is 7.46. The Bertz CT molecular complexity index is 1450. The maximum absolute atomic E-state index is 13.4. The minimum Gasteiger partial charge on any atom is -0.339 e. The van der Waals surface area contributed by atoms with E-state index < -0.39 is 39.1 Å². The largest absolute Gasteiger partial charge is 0.417 e. The molecule has 1 aromatic carbocycles. The molecule has 202 valence electrons. The molecule has 2 aliphatic heterocycles. The number of imide groups is 1. The lowest BCUT2D eigenvalue weighted by Gasteiger charge is -2.33. The molecule has 14 heteroatoms. The van der Waals surface area contributed by atoms with Crippen molar-refractivity contribution in [2.45, 2.75) is 31.0 Å². The zero-order valence-electron chi connectivity index (χ0n) is 20.7. The van der Waals surface area contributed by atoms with Crippen LogP contribution in [0.2, 0.25) is 0 Å². The summed E-state index contributed by atoms with van der Waals surface area (Å²) in [5.74, 6) is -1.38. The fraction of sp³-hybridized carbons (Fsp3) is 0.417. The Hall–Kier alpha value is -3.54. The highest BCUT2D eigenvalue weighted by Crippen LogP contribution is 2.36. The number of nitriles is 1. The fourth-order valence-corrected chi connectivity index (χ4v) is 5.93. The average Bonchev–Trinajstić information content (AvgIpc) is 3.40. The van der Waals surface area contributed by atoms with E-state index in [1.54, 1.807) is 11.6 Å². The SMILES string of the molecule is CC1=C(CCCN2CCN(S(=O)(=O)c3cn(C)cn3)CC2)C(=O)N(c2ccc(C#N)c(C(F)(F)F)c2)C1=O. The quantitative estimate of drug-likeness (QED) is 0.485. The molecule has 0 unspecified atom stereocenters. The summed E-state index contributed by atoms with van der Waals surface area (Å²) >= 11 is 0. The highest BCUT2D eigenvalue weighted by atomic mass is 32.2. The third kappa shape index (κ3) is 5.22. The number of piperazine rings is 1. The van der Waals surface area contributed by atoms with Crippen LogP contribution in [0.4, 0.5) is 18.9 Å². The molecule has 1 aromatic heterocycles. The van der Waals surface area contributed by atoms with Crippen LogP contribution in [0.1, 0.15) is 30.9 Å². The van der Waals surface area contributed by atoms with Crippen molar-refractivity contribution < 1.29 is 31.2 Å². The van der Waals surface area contributed by atoms with Crippen LogP contribution in [0.25, 0.3) is 0 Å². The molecule has 0 saturated carbocycles. The number of sulfonamides is 1. The molecule has 0 radical (unpaired) electrons. The molecule has 1 fully saturated rings. The van der Waals surface area contributed by atoms with Crippen molar-refractivity contribution in [2.24, 2.45) is 7.05 Å². The van der Waals surface area contributed by atoms with E-state index in [9.17, 15) is 31.2 Å². The molecule has 3 heterocycles. The van der Waals surface area contributed by atoms with E-state index in [1.807, 2.05) is 0 Å². The number of imidazole rings is 1. The van der Waals surface area contributed by atoms with Crippen LogP contribution in [0.15, 0.2) is 46.9 Å². The highest BCUT2D eigenvalue weighted by molar-refractivity contribution is 7.89. The highest BCUT2D eigenvalue weighted by Gasteiger charge is 2.39. The van der Waals surface area contributed by atoms with Crippen LogP contribution in [0, 0.1) is 11.3 Å². The van der Waals surface area contributed by atoms with Gasteiger partial charge in [-0.05, 0) is 44.5 Å². The minimum atomic E-state index is -4.82. The second kappa shape index (κ2) is 10.3. The number of benzene rings is 1. The summed E-state index contributed by atoms with van der Waals surface area (Å²) in [6.07, 6.45) is -1.22. The maximum Gasteiger partial charge on any atom is 0.417 e. The van der Waals surface area contributed by atoms with Crippen molar-refractivity contribution in [2.75, 3.05) is 37.6 Å². The molecular formula is C24H25F3N6O4S. The smallest absolute Gasteiger partial charge is 0.339 e. The van der Waals surface area contributed by atoms with Gasteiger partial charge in [-0.2, -0.15) is 22.7 Å². The molecule has 38 heavy (non-hydrogen) atoms. The topological polar surface area (TPSA) is 120 Å². The van der Waals surface area contributed by atoms with E-state index in [0.29, 0.717) is 37.0 Å². The molecular weight excluding hydrogens is 525 g/mol. The number of aromatic nitrogens is 2. The third-order valence-electron chi connectivity index (χ3n) is 6.64. The molecule has 2 amide bonds. The molecule has 0 spiro atoms. The van der Waals surface area contributed by atoms with Crippen LogP contribution in [-0.4, -0.2) is 71.7 Å². The molecule has 0 atom stereocenters. The van der Waals surface area contributed by atoms with Crippen molar-refractivity contribution in [3.05, 3.63) is 53.0 Å². The summed E-state index contributed by atoms with van der Waals surface area (Å²) in [5, 5.41) is 8.99. The zero-order chi connectivity index (χ0) is 27.8. The molecule has 2 aromatic rings. The lowest BCUT2D eigenvalue weighted by molar-refractivity contribution is -0.138. The molecule has 0 bridgehead atoms. The van der Waals surface area contributed by atoms with Crippen LogP contribution in [0.3, 0.4) is 0 Å². The lowest BCUT2D eigenvalue weighted by atomic mass is 10.1. The number of hydrogen-bond acceptors (Lipinski definition) is 7. The monoisotopic (exact) mass is 550 g/mol. The first-order valence-corrected chi connectivity index (χ1v) is 13.2. The summed E-state index contributed by atoms with van der Waals surface area (Å²) in [4.78, 5) is 32.5. The van der Waals surface area contributed by atoms with Gasteiger partial charge in [-0.3, -0.25) is 9.59 Å². The predicted octanol–water partition coefficient (Wildman–Crippen LogP) is 2.29. The fourth-order valence-electron chi connectivity index (χ4n) is 4.54. The van der Waals surface area contributed by atoms with E-state index in [0.717, 1.165) is 12.1 Å². The van der Waals surface area contributed by atoms with Gasteiger partial charge in [0.15, 0.2) is 5.03 Å². The van der Waals surface area contributed by atoms with Gasteiger partial charge in [0, 0.05) is 50.6 Å². The number of anilines is 1. The number of nitrogens with zero attached hydrogens (tertiary/aromatic N) is 6. The summed E-state index contributed by atoms with van der Waals surface area (Å²) in [5.41, 5.74) is -1.67. The van der Waals surface area contributed by atoms with Gasteiger partial charge in [-0.15, -0.1) is 0 Å². The van der Waals surface area contributed by atoms with Gasteiger partial charge in [0.1, 0.15) is 0 Å². The number of aryl methyl sites for hydroxylation is 1. The molecule has 0 N–H and O–H groups in total. The number of amides is 2. The number of rotatable bonds is 7. The summed E-state index contributed by atoms with van der Waals surface area (Å²) in [6, 6.07) is 4.21. The van der Waals surface area contributed by atoms with Crippen LogP contribution >= 0.6 is 0 Å². The van der Waals surface area contributed by atoms with Gasteiger partial charge in [-0.25, -0.2) is 18.3 Å². The van der Waals surface area contributed by atoms with Crippen molar-refractivity contribution in [3.8, 4) is 6.07 Å². The molecule has 4 rings (SSSR count). The number of hydrogen-bond donors (Lipinski definition) is 0. The number of carbonyl (C=O) groups is 2. The van der Waals surface area contributed by atoms with E-state index >= 15 is 0 Å². The van der Waals surface area contributed by atoms with Gasteiger partial charge in [-0.1, -0.05) is 0 Å². The van der Waals surface area contributed by atoms with E-state index in [2.05, 4.69) is 9.88 Å². The Morgan fingerprint density at radius 2 is 1.79 bits per heavy atom. The first-order chi connectivity index (χ1) is 17.8. The lowest BCUT2D eigenvalue weighted by Crippen LogP contribution is -2.48. The van der Waals surface area contributed by atoms with Crippen molar-refractivity contribution >= 4 is 27.5 Å². The maximum atomic E-state index is 13.4. The first kappa shape index (κ1) is 27.5. The summed E-state index contributed by atoms with van der Waals surface area (Å²) in [6.45, 7) is 3.54. The zero-order valence-corrected chi connectivity index (χ0v) is 21.5. The van der Waals surface area contributed by atoms with Gasteiger partial charge < -0.3 is 9.47 Å². The standard InChI is InChI=1S/C24H25F3N6O4S/c1-16-19(23(35)33(22(16)34)18-6-5-17(13-28)20(12-18)24(25,26)27)4-3-7-31-8-10-32(11-9-31)38(36,37)21-14-30(2)15-29-21/h5-6,12,14-15H,3-4,7-11H2,1-2H3.